The Labute approximate surface area is 184 Å². The third-order valence-electron chi connectivity index (χ3n) is 4.79. The lowest BCUT2D eigenvalue weighted by molar-refractivity contribution is 0.337. The van der Waals surface area contributed by atoms with Gasteiger partial charge in [0.15, 0.2) is 0 Å². The van der Waals surface area contributed by atoms with Crippen LogP contribution in [0.3, 0.4) is 0 Å². The van der Waals surface area contributed by atoms with Crippen molar-refractivity contribution >= 4 is 36.3 Å². The molecule has 0 aliphatic carbocycles. The van der Waals surface area contributed by atoms with Crippen molar-refractivity contribution < 1.29 is 13.4 Å². The second kappa shape index (κ2) is 10.0. The monoisotopic (exact) mass is 445 g/mol. The first kappa shape index (κ1) is 24.5. The van der Waals surface area contributed by atoms with Gasteiger partial charge in [0.1, 0.15) is 28.2 Å². The highest BCUT2D eigenvalue weighted by Crippen LogP contribution is 2.36. The molecule has 0 radical (unpaired) electrons. The summed E-state index contributed by atoms with van der Waals surface area (Å²) in [5, 5.41) is 2.10. The first-order chi connectivity index (χ1) is 14.0. The molecule has 162 valence electrons. The molecule has 6 heteroatoms. The Hall–Kier alpha value is -1.73. The van der Waals surface area contributed by atoms with Gasteiger partial charge in [-0.2, -0.15) is 0 Å². The molecule has 0 fully saturated rings. The normalized spacial score (nSPS) is 14.9. The van der Waals surface area contributed by atoms with Gasteiger partial charge in [-0.15, -0.1) is 0 Å². The Morgan fingerprint density at radius 1 is 0.967 bits per heavy atom. The Balaban J connectivity index is 2.37. The van der Waals surface area contributed by atoms with Gasteiger partial charge < -0.3 is 8.98 Å². The number of allylic oxidation sites excluding steroid dienone is 1. The van der Waals surface area contributed by atoms with Gasteiger partial charge in [-0.05, 0) is 42.3 Å². The molecule has 1 unspecified atom stereocenters. The van der Waals surface area contributed by atoms with Crippen LogP contribution in [0.15, 0.2) is 77.0 Å². The minimum absolute atomic E-state index is 0.104. The van der Waals surface area contributed by atoms with E-state index >= 15 is 0 Å². The molecule has 0 aliphatic heterocycles. The van der Waals surface area contributed by atoms with Crippen LogP contribution in [0, 0.1) is 0 Å². The summed E-state index contributed by atoms with van der Waals surface area (Å²) in [6, 6.07) is 20.4. The Bertz CT molecular complexity index is 819. The lowest BCUT2D eigenvalue weighted by Gasteiger charge is -2.42. The second-order valence-electron chi connectivity index (χ2n) is 9.16. The van der Waals surface area contributed by atoms with E-state index < -0.39 is 30.3 Å². The maximum atomic E-state index is 14.3. The fraction of sp³-hybridized carbons (Fsp3) is 0.375. The molecule has 30 heavy (non-hydrogen) atoms. The van der Waals surface area contributed by atoms with E-state index in [0.717, 1.165) is 16.6 Å². The maximum Gasteiger partial charge on any atom is 0.261 e. The Morgan fingerprint density at radius 2 is 1.43 bits per heavy atom. The summed E-state index contributed by atoms with van der Waals surface area (Å²) in [6.45, 7) is 12.0. The summed E-state index contributed by atoms with van der Waals surface area (Å²) < 4.78 is 36.2. The quantitative estimate of drug-likeness (QED) is 0.344. The zero-order valence-corrected chi connectivity index (χ0v) is 20.5. The van der Waals surface area contributed by atoms with Crippen molar-refractivity contribution in [1.82, 2.24) is 0 Å². The number of hydrogen-bond acceptors (Lipinski definition) is 3. The second-order valence-corrected chi connectivity index (χ2v) is 15.4. The van der Waals surface area contributed by atoms with Crippen LogP contribution in [0.4, 0.5) is 4.39 Å². The molecule has 0 aliphatic rings. The predicted molar refractivity (Wildman–Crippen MR) is 129 cm³/mol. The van der Waals surface area contributed by atoms with Crippen molar-refractivity contribution in [2.75, 3.05) is 6.61 Å². The largest absolute Gasteiger partial charge is 0.591 e. The van der Waals surface area contributed by atoms with Crippen LogP contribution in [0.2, 0.25) is 5.04 Å². The van der Waals surface area contributed by atoms with Crippen LogP contribution in [-0.4, -0.2) is 30.4 Å². The lowest BCUT2D eigenvalue weighted by Crippen LogP contribution is -2.66. The fourth-order valence-electron chi connectivity index (χ4n) is 3.32. The van der Waals surface area contributed by atoms with E-state index in [4.69, 9.17) is 4.43 Å². The summed E-state index contributed by atoms with van der Waals surface area (Å²) in [5.74, 6) is -0.550. The van der Waals surface area contributed by atoms with E-state index in [1.54, 1.807) is 20.8 Å². The summed E-state index contributed by atoms with van der Waals surface area (Å²) in [6.07, 6.45) is 2.39. The highest BCUT2D eigenvalue weighted by Gasteiger charge is 2.49. The molecule has 1 atom stereocenters. The van der Waals surface area contributed by atoms with Crippen LogP contribution in [0.1, 0.15) is 41.5 Å². The van der Waals surface area contributed by atoms with Crippen molar-refractivity contribution in [1.29, 1.82) is 0 Å². The molecular weight excluding hydrogens is 413 g/mol. The molecule has 0 amide bonds. The SMILES string of the molecule is CC(C)(C)[S+]([O-])N=C/C(F)=C/CO[Si](c1ccccc1)(c1ccccc1)C(C)(C)C. The molecule has 0 saturated carbocycles. The van der Waals surface area contributed by atoms with Crippen LogP contribution >= 0.6 is 0 Å². The average molecular weight is 446 g/mol. The molecule has 2 rings (SSSR count). The molecule has 0 aromatic heterocycles. The minimum Gasteiger partial charge on any atom is -0.591 e. The number of nitrogens with zero attached hydrogens (tertiary/aromatic N) is 1. The molecule has 0 heterocycles. The number of hydrogen-bond donors (Lipinski definition) is 0. The predicted octanol–water partition coefficient (Wildman–Crippen LogP) is 4.95. The van der Waals surface area contributed by atoms with Gasteiger partial charge in [0, 0.05) is 0 Å². The van der Waals surface area contributed by atoms with E-state index in [1.807, 2.05) is 36.4 Å². The van der Waals surface area contributed by atoms with E-state index in [9.17, 15) is 8.94 Å². The van der Waals surface area contributed by atoms with E-state index in [2.05, 4.69) is 49.4 Å². The third-order valence-corrected chi connectivity index (χ3v) is 11.1. The topological polar surface area (TPSA) is 44.7 Å². The first-order valence-electron chi connectivity index (χ1n) is 10.1. The van der Waals surface area contributed by atoms with Gasteiger partial charge in [0.05, 0.1) is 6.61 Å². The van der Waals surface area contributed by atoms with Crippen molar-refractivity contribution in [3.05, 3.63) is 72.6 Å². The first-order valence-corrected chi connectivity index (χ1v) is 13.1. The van der Waals surface area contributed by atoms with Crippen LogP contribution in [0.25, 0.3) is 0 Å². The van der Waals surface area contributed by atoms with Crippen LogP contribution in [-0.2, 0) is 15.8 Å². The highest BCUT2D eigenvalue weighted by molar-refractivity contribution is 7.91. The lowest BCUT2D eigenvalue weighted by atomic mass is 10.2. The summed E-state index contributed by atoms with van der Waals surface area (Å²) in [7, 11) is -2.71. The molecule has 0 saturated heterocycles. The van der Waals surface area contributed by atoms with E-state index in [0.29, 0.717) is 0 Å². The molecular formula is C24H32FNO2SSi. The van der Waals surface area contributed by atoms with Crippen molar-refractivity contribution in [3.63, 3.8) is 0 Å². The maximum absolute atomic E-state index is 14.3. The van der Waals surface area contributed by atoms with Crippen molar-refractivity contribution in [2.45, 2.75) is 51.3 Å². The molecule has 3 nitrogen and oxygen atoms in total. The van der Waals surface area contributed by atoms with E-state index in [-0.39, 0.29) is 11.6 Å². The molecule has 0 N–H and O–H groups in total. The van der Waals surface area contributed by atoms with Crippen molar-refractivity contribution in [3.8, 4) is 0 Å². The molecule has 0 bridgehead atoms. The van der Waals surface area contributed by atoms with Gasteiger partial charge in [-0.1, -0.05) is 85.8 Å². The smallest absolute Gasteiger partial charge is 0.261 e. The highest BCUT2D eigenvalue weighted by atomic mass is 32.2. The summed E-state index contributed by atoms with van der Waals surface area (Å²) >= 11 is -1.50. The fourth-order valence-corrected chi connectivity index (χ4v) is 8.32. The number of rotatable bonds is 7. The van der Waals surface area contributed by atoms with Crippen LogP contribution < -0.4 is 10.4 Å². The van der Waals surface area contributed by atoms with Crippen molar-refractivity contribution in [2.24, 2.45) is 4.40 Å². The van der Waals surface area contributed by atoms with Gasteiger partial charge in [-0.3, -0.25) is 0 Å². The molecule has 2 aromatic rings. The standard InChI is InChI=1S/C24H32FNO2SSi/c1-23(2,3)29(27)26-19-20(25)17-18-28-30(24(4,5)6,21-13-9-7-10-14-21)22-15-11-8-12-16-22/h7-17,19H,18H2,1-6H3/b20-17-,26-19?. The zero-order chi connectivity index (χ0) is 22.4. The van der Waals surface area contributed by atoms with Gasteiger partial charge in [0.2, 0.25) is 0 Å². The molecule has 2 aromatic carbocycles. The molecule has 0 spiro atoms. The third kappa shape index (κ3) is 5.91. The Kier molecular flexibility index (Phi) is 8.22. The van der Waals surface area contributed by atoms with E-state index in [1.165, 1.54) is 6.08 Å². The van der Waals surface area contributed by atoms with Gasteiger partial charge >= 0.3 is 0 Å². The van der Waals surface area contributed by atoms with Gasteiger partial charge in [-0.25, -0.2) is 4.39 Å². The number of benzene rings is 2. The Morgan fingerprint density at radius 3 is 1.83 bits per heavy atom. The zero-order valence-electron chi connectivity index (χ0n) is 18.7. The van der Waals surface area contributed by atoms with Gasteiger partial charge in [0.25, 0.3) is 8.32 Å². The number of halogens is 1. The summed E-state index contributed by atoms with van der Waals surface area (Å²) in [4.78, 5) is 0. The summed E-state index contributed by atoms with van der Waals surface area (Å²) in [5.41, 5.74) is 0. The van der Waals surface area contributed by atoms with Crippen LogP contribution in [0.5, 0.6) is 0 Å². The average Bonchev–Trinajstić information content (AvgIpc) is 2.69. The minimum atomic E-state index is -2.71.